The van der Waals surface area contributed by atoms with Gasteiger partial charge in [0.25, 0.3) is 0 Å². The summed E-state index contributed by atoms with van der Waals surface area (Å²) >= 11 is 0. The van der Waals surface area contributed by atoms with Gasteiger partial charge in [0.2, 0.25) is 0 Å². The van der Waals surface area contributed by atoms with E-state index in [-0.39, 0.29) is 5.69 Å². The highest BCUT2D eigenvalue weighted by atomic mass is 16.4. The van der Waals surface area contributed by atoms with E-state index in [2.05, 4.69) is 18.1 Å². The predicted octanol–water partition coefficient (Wildman–Crippen LogP) is -0.466. The van der Waals surface area contributed by atoms with Crippen molar-refractivity contribution < 1.29 is 9.90 Å². The molecule has 0 amide bonds. The molecule has 0 aliphatic carbocycles. The molecule has 1 aromatic rings. The highest BCUT2D eigenvalue weighted by molar-refractivity contribution is 5.85. The molecule has 2 N–H and O–H groups in total. The first-order chi connectivity index (χ1) is 4.61. The van der Waals surface area contributed by atoms with E-state index < -0.39 is 5.97 Å². The van der Waals surface area contributed by atoms with Crippen LogP contribution in [0.15, 0.2) is 6.07 Å². The first-order valence-electron chi connectivity index (χ1n) is 2.71. The monoisotopic (exact) mass is 137 g/mol. The Hall–Kier alpha value is -1.51. The van der Waals surface area contributed by atoms with Crippen LogP contribution in [0.25, 0.3) is 13.2 Å². The van der Waals surface area contributed by atoms with Crippen molar-refractivity contribution in [2.75, 3.05) is 0 Å². The van der Waals surface area contributed by atoms with Crippen molar-refractivity contribution in [3.63, 3.8) is 0 Å². The van der Waals surface area contributed by atoms with Crippen LogP contribution in [0, 0.1) is 0 Å². The molecule has 0 unspecified atom stereocenters. The van der Waals surface area contributed by atoms with Crippen LogP contribution in [0.1, 0.15) is 10.5 Å². The number of aromatic nitrogens is 1. The average molecular weight is 137 g/mol. The lowest BCUT2D eigenvalue weighted by Gasteiger charge is -1.81. The standard InChI is InChI=1S/C7H7NO2/c1-4-3-6(7(9)10)8-5(4)2/h3,8H,1-2H2,(H,9,10). The van der Waals surface area contributed by atoms with E-state index in [0.717, 1.165) is 0 Å². The summed E-state index contributed by atoms with van der Waals surface area (Å²) in [5, 5.41) is 9.61. The molecule has 0 spiro atoms. The number of hydrogen-bond acceptors (Lipinski definition) is 1. The van der Waals surface area contributed by atoms with Gasteiger partial charge in [0, 0.05) is 5.35 Å². The van der Waals surface area contributed by atoms with E-state index in [0.29, 0.717) is 10.6 Å². The second kappa shape index (κ2) is 2.02. The van der Waals surface area contributed by atoms with Gasteiger partial charge in [-0.2, -0.15) is 0 Å². The minimum Gasteiger partial charge on any atom is -0.477 e. The van der Waals surface area contributed by atoms with E-state index in [4.69, 9.17) is 5.11 Å². The van der Waals surface area contributed by atoms with E-state index in [1.165, 1.54) is 6.07 Å². The molecule has 10 heavy (non-hydrogen) atoms. The molecule has 1 aromatic heterocycles. The predicted molar refractivity (Wildman–Crippen MR) is 38.0 cm³/mol. The van der Waals surface area contributed by atoms with Crippen LogP contribution >= 0.6 is 0 Å². The maximum atomic E-state index is 10.3. The lowest BCUT2D eigenvalue weighted by Crippen LogP contribution is -2.17. The SMILES string of the molecule is C=c1cc(C(=O)O)[nH]c1=C. The summed E-state index contributed by atoms with van der Waals surface area (Å²) in [6.07, 6.45) is 0. The minimum atomic E-state index is -0.986. The molecule has 0 bridgehead atoms. The van der Waals surface area contributed by atoms with Gasteiger partial charge in [-0.05, 0) is 11.3 Å². The quantitative estimate of drug-likeness (QED) is 0.550. The van der Waals surface area contributed by atoms with Crippen LogP contribution in [0.5, 0.6) is 0 Å². The fourth-order valence-corrected chi connectivity index (χ4v) is 0.655. The molecule has 0 fully saturated rings. The molecule has 3 heteroatoms. The Morgan fingerprint density at radius 3 is 2.40 bits per heavy atom. The van der Waals surface area contributed by atoms with E-state index in [9.17, 15) is 4.79 Å². The second-order valence-corrected chi connectivity index (χ2v) is 1.99. The molecule has 1 heterocycles. The molecule has 3 nitrogen and oxygen atoms in total. The van der Waals surface area contributed by atoms with Gasteiger partial charge in [0.15, 0.2) is 0 Å². The van der Waals surface area contributed by atoms with Crippen molar-refractivity contribution in [3.8, 4) is 0 Å². The first-order valence-corrected chi connectivity index (χ1v) is 2.71. The van der Waals surface area contributed by atoms with Crippen LogP contribution in [0.4, 0.5) is 0 Å². The smallest absolute Gasteiger partial charge is 0.352 e. The van der Waals surface area contributed by atoms with Crippen LogP contribution in [0.3, 0.4) is 0 Å². The average Bonchev–Trinajstić information content (AvgIpc) is 2.13. The number of aromatic amines is 1. The van der Waals surface area contributed by atoms with E-state index in [1.54, 1.807) is 0 Å². The number of hydrogen-bond donors (Lipinski definition) is 2. The van der Waals surface area contributed by atoms with Crippen molar-refractivity contribution >= 4 is 19.1 Å². The first kappa shape index (κ1) is 6.61. The molecule has 0 aromatic carbocycles. The summed E-state index contributed by atoms with van der Waals surface area (Å²) < 4.78 is 0. The normalized spacial score (nSPS) is 9.60. The highest BCUT2D eigenvalue weighted by Crippen LogP contribution is 1.83. The van der Waals surface area contributed by atoms with Gasteiger partial charge in [-0.15, -0.1) is 0 Å². The number of rotatable bonds is 1. The summed E-state index contributed by atoms with van der Waals surface area (Å²) in [5.41, 5.74) is 0.134. The molecule has 0 saturated carbocycles. The third kappa shape index (κ3) is 0.932. The third-order valence-corrected chi connectivity index (χ3v) is 1.22. The Balaban J connectivity index is 3.37. The zero-order chi connectivity index (χ0) is 7.72. The maximum absolute atomic E-state index is 10.3. The molecule has 0 atom stereocenters. The number of carboxylic acid groups (broad SMARTS) is 1. The minimum absolute atomic E-state index is 0.134. The number of H-pyrrole nitrogens is 1. The van der Waals surface area contributed by atoms with Crippen LogP contribution in [-0.2, 0) is 0 Å². The molecule has 0 saturated heterocycles. The van der Waals surface area contributed by atoms with Crippen molar-refractivity contribution in [2.24, 2.45) is 0 Å². The van der Waals surface area contributed by atoms with Crippen molar-refractivity contribution in [3.05, 3.63) is 22.3 Å². The summed E-state index contributed by atoms with van der Waals surface area (Å²) in [6, 6.07) is 1.45. The number of carbonyl (C=O) groups is 1. The van der Waals surface area contributed by atoms with Crippen LogP contribution in [0.2, 0.25) is 0 Å². The van der Waals surface area contributed by atoms with E-state index in [1.807, 2.05) is 0 Å². The lowest BCUT2D eigenvalue weighted by atomic mass is 10.4. The van der Waals surface area contributed by atoms with Gasteiger partial charge in [0.05, 0.1) is 0 Å². The molecular formula is C7H7NO2. The maximum Gasteiger partial charge on any atom is 0.352 e. The largest absolute Gasteiger partial charge is 0.477 e. The Kier molecular flexibility index (Phi) is 1.34. The Morgan fingerprint density at radius 2 is 2.20 bits per heavy atom. The Morgan fingerprint density at radius 1 is 1.60 bits per heavy atom. The number of carboxylic acids is 1. The van der Waals surface area contributed by atoms with Crippen molar-refractivity contribution in [1.29, 1.82) is 0 Å². The van der Waals surface area contributed by atoms with E-state index >= 15 is 0 Å². The van der Waals surface area contributed by atoms with Crippen LogP contribution < -0.4 is 10.6 Å². The lowest BCUT2D eigenvalue weighted by molar-refractivity contribution is 0.0691. The summed E-state index contributed by atoms with van der Waals surface area (Å²) in [6.45, 7) is 7.11. The Bertz CT molecular complexity index is 323. The molecule has 0 radical (unpaired) electrons. The Labute approximate surface area is 57.3 Å². The molecule has 52 valence electrons. The van der Waals surface area contributed by atoms with Crippen molar-refractivity contribution in [1.82, 2.24) is 4.98 Å². The summed E-state index contributed by atoms with van der Waals surface area (Å²) in [4.78, 5) is 12.9. The highest BCUT2D eigenvalue weighted by Gasteiger charge is 2.01. The van der Waals surface area contributed by atoms with Gasteiger partial charge >= 0.3 is 5.97 Å². The van der Waals surface area contributed by atoms with Crippen LogP contribution in [-0.4, -0.2) is 16.1 Å². The molecule has 1 rings (SSSR count). The fraction of sp³-hybridized carbons (Fsp3) is 0. The zero-order valence-corrected chi connectivity index (χ0v) is 5.35. The number of nitrogens with one attached hydrogen (secondary N) is 1. The van der Waals surface area contributed by atoms with Gasteiger partial charge in [-0.3, -0.25) is 0 Å². The van der Waals surface area contributed by atoms with Gasteiger partial charge in [-0.1, -0.05) is 13.2 Å². The molecular weight excluding hydrogens is 130 g/mol. The van der Waals surface area contributed by atoms with Gasteiger partial charge in [-0.25, -0.2) is 4.79 Å². The third-order valence-electron chi connectivity index (χ3n) is 1.22. The summed E-state index contributed by atoms with van der Waals surface area (Å²) in [5.74, 6) is -0.986. The number of aromatic carboxylic acids is 1. The molecule has 0 aliphatic heterocycles. The topological polar surface area (TPSA) is 53.1 Å². The summed E-state index contributed by atoms with van der Waals surface area (Å²) in [7, 11) is 0. The van der Waals surface area contributed by atoms with Gasteiger partial charge < -0.3 is 10.1 Å². The van der Waals surface area contributed by atoms with Crippen molar-refractivity contribution in [2.45, 2.75) is 0 Å². The van der Waals surface area contributed by atoms with Gasteiger partial charge in [0.1, 0.15) is 5.69 Å². The molecule has 0 aliphatic rings. The zero-order valence-electron chi connectivity index (χ0n) is 5.35. The second-order valence-electron chi connectivity index (χ2n) is 1.99. The fourth-order valence-electron chi connectivity index (χ4n) is 0.655.